The van der Waals surface area contributed by atoms with Crippen molar-refractivity contribution < 1.29 is 0 Å². The largest absolute Gasteiger partial charge is 0.299 e. The minimum absolute atomic E-state index is 0.907. The van der Waals surface area contributed by atoms with Gasteiger partial charge in [-0.15, -0.1) is 0 Å². The van der Waals surface area contributed by atoms with E-state index in [1.807, 2.05) is 18.6 Å². The monoisotopic (exact) mass is 1130 g/mol. The van der Waals surface area contributed by atoms with Gasteiger partial charge in [-0.25, -0.2) is 15.0 Å². The molecule has 0 aliphatic heterocycles. The number of aryl methyl sites for hydroxylation is 12. The number of nitrogens with zero attached hydrogens (tertiary/aromatic N) is 6. The van der Waals surface area contributed by atoms with Gasteiger partial charge in [0, 0.05) is 67.3 Å². The van der Waals surface area contributed by atoms with Crippen molar-refractivity contribution in [3.05, 3.63) is 245 Å². The summed E-state index contributed by atoms with van der Waals surface area (Å²) in [6, 6.07) is 46.7. The van der Waals surface area contributed by atoms with E-state index in [1.165, 1.54) is 83.8 Å². The fourth-order valence-electron chi connectivity index (χ4n) is 10.4. The first-order valence-electron chi connectivity index (χ1n) is 24.7. The molecule has 0 fully saturated rings. The van der Waals surface area contributed by atoms with Gasteiger partial charge in [0.2, 0.25) is 0 Å². The minimum Gasteiger partial charge on any atom is -0.299 e. The first kappa shape index (κ1) is 49.2. The van der Waals surface area contributed by atoms with Gasteiger partial charge in [0.25, 0.3) is 0 Å². The molecule has 0 N–H and O–H groups in total. The van der Waals surface area contributed by atoms with Crippen molar-refractivity contribution in [1.29, 1.82) is 0 Å². The van der Waals surface area contributed by atoms with Crippen LogP contribution in [-0.2, 0) is 38.5 Å². The van der Waals surface area contributed by atoms with Crippen molar-refractivity contribution in [2.75, 3.05) is 0 Å². The average molecular weight is 1140 g/mol. The van der Waals surface area contributed by atoms with Gasteiger partial charge in [-0.2, -0.15) is 0 Å². The Morgan fingerprint density at radius 3 is 0.847 bits per heavy atom. The summed E-state index contributed by atoms with van der Waals surface area (Å²) in [5, 5.41) is 0. The first-order valence-corrected chi connectivity index (χ1v) is 27.1. The summed E-state index contributed by atoms with van der Waals surface area (Å²) in [5.41, 5.74) is 22.0. The van der Waals surface area contributed by atoms with Crippen molar-refractivity contribution in [3.8, 4) is 51.2 Å². The number of rotatable bonds is 15. The summed E-state index contributed by atoms with van der Waals surface area (Å²) in [4.78, 5) is 14.5. The maximum atomic E-state index is 4.82. The summed E-state index contributed by atoms with van der Waals surface area (Å²) < 4.78 is 9.94. The van der Waals surface area contributed by atoms with E-state index < -0.39 is 0 Å². The number of hydrogen-bond donors (Lipinski definition) is 0. The molecule has 0 saturated heterocycles. The Bertz CT molecular complexity index is 3170. The molecule has 0 bridgehead atoms. The van der Waals surface area contributed by atoms with Crippen LogP contribution in [0.5, 0.6) is 0 Å². The zero-order chi connectivity index (χ0) is 50.0. The fraction of sp³-hybridized carbons (Fsp3) is 0.190. The molecular formula is C63H57Br3N6. The Balaban J connectivity index is 0.898. The van der Waals surface area contributed by atoms with Crippen LogP contribution in [0.1, 0.15) is 66.8 Å². The number of benzene rings is 7. The summed E-state index contributed by atoms with van der Waals surface area (Å²) in [7, 11) is 0. The fourth-order valence-corrected chi connectivity index (χ4v) is 12.2. The Morgan fingerprint density at radius 2 is 0.597 bits per heavy atom. The van der Waals surface area contributed by atoms with Crippen LogP contribution in [0, 0.1) is 41.5 Å². The second-order valence-corrected chi connectivity index (χ2v) is 21.7. The lowest BCUT2D eigenvalue weighted by Gasteiger charge is -2.15. The standard InChI is InChI=1S/C63H57Br3N6/c1-40-10-7-11-41(2)58(40)70-31-28-67-61(70)52-25-22-49(55(64)37-52)19-16-46-34-47(17-20-50-23-26-53(38-56(50)65)62-68-29-32-71(62)59-42(3)12-8-13-43(59)4)36-48(35-46)18-21-51-24-27-54(39-57(51)66)63-69-30-33-72(63)60-44(5)14-9-15-45(60)6/h7-15,22-39H,16-21H2,1-6H3. The van der Waals surface area contributed by atoms with Crippen LogP contribution < -0.4 is 0 Å². The Hall–Kier alpha value is -6.39. The van der Waals surface area contributed by atoms with Crippen LogP contribution >= 0.6 is 47.8 Å². The first-order chi connectivity index (χ1) is 34.9. The van der Waals surface area contributed by atoms with Crippen molar-refractivity contribution in [2.45, 2.75) is 80.1 Å². The highest BCUT2D eigenvalue weighted by atomic mass is 79.9. The van der Waals surface area contributed by atoms with Crippen molar-refractivity contribution in [2.24, 2.45) is 0 Å². The molecule has 6 nitrogen and oxygen atoms in total. The van der Waals surface area contributed by atoms with E-state index in [4.69, 9.17) is 15.0 Å². The van der Waals surface area contributed by atoms with Crippen LogP contribution in [0.3, 0.4) is 0 Å². The topological polar surface area (TPSA) is 53.5 Å². The molecule has 0 saturated carbocycles. The molecule has 7 aromatic carbocycles. The molecule has 10 aromatic rings. The molecule has 3 heterocycles. The highest BCUT2D eigenvalue weighted by Crippen LogP contribution is 2.34. The maximum Gasteiger partial charge on any atom is 0.144 e. The molecule has 10 rings (SSSR count). The Labute approximate surface area is 449 Å². The molecule has 0 aliphatic carbocycles. The third-order valence-corrected chi connectivity index (χ3v) is 16.3. The average Bonchev–Trinajstić information content (AvgIpc) is 4.16. The van der Waals surface area contributed by atoms with E-state index in [0.717, 1.165) is 86.1 Å². The molecule has 0 unspecified atom stereocenters. The van der Waals surface area contributed by atoms with Crippen molar-refractivity contribution in [3.63, 3.8) is 0 Å². The molecular weight excluding hydrogens is 1080 g/mol. The predicted molar refractivity (Wildman–Crippen MR) is 307 cm³/mol. The van der Waals surface area contributed by atoms with Gasteiger partial charge in [-0.05, 0) is 165 Å². The zero-order valence-corrected chi connectivity index (χ0v) is 46.4. The van der Waals surface area contributed by atoms with Gasteiger partial charge in [-0.1, -0.05) is 157 Å². The number of hydrogen-bond acceptors (Lipinski definition) is 3. The lowest BCUT2D eigenvalue weighted by molar-refractivity contribution is 0.899. The van der Waals surface area contributed by atoms with Crippen LogP contribution in [0.2, 0.25) is 0 Å². The summed E-state index contributed by atoms with van der Waals surface area (Å²) >= 11 is 11.9. The van der Waals surface area contributed by atoms with Crippen molar-refractivity contribution in [1.82, 2.24) is 28.7 Å². The number of para-hydroxylation sites is 3. The SMILES string of the molecule is Cc1cccc(C)c1-n1ccnc1-c1ccc(CCc2cc(CCc3ccc(-c4nccn4-c4c(C)cccc4C)cc3Br)cc(CCc3ccc(-c4nccn4-c4c(C)cccc4C)cc3Br)c2)c(Br)c1. The van der Waals surface area contributed by atoms with E-state index in [0.29, 0.717) is 0 Å². The van der Waals surface area contributed by atoms with E-state index in [1.54, 1.807) is 0 Å². The quantitative estimate of drug-likeness (QED) is 0.103. The zero-order valence-electron chi connectivity index (χ0n) is 41.6. The molecule has 0 radical (unpaired) electrons. The lowest BCUT2D eigenvalue weighted by atomic mass is 9.94. The molecule has 0 aliphatic rings. The second kappa shape index (κ2) is 21.4. The third-order valence-electron chi connectivity index (χ3n) is 14.1. The van der Waals surface area contributed by atoms with E-state index >= 15 is 0 Å². The molecule has 72 heavy (non-hydrogen) atoms. The highest BCUT2D eigenvalue weighted by molar-refractivity contribution is 9.11. The second-order valence-electron chi connectivity index (χ2n) is 19.2. The molecule has 360 valence electrons. The van der Waals surface area contributed by atoms with E-state index in [-0.39, 0.29) is 0 Å². The van der Waals surface area contributed by atoms with Crippen LogP contribution in [0.25, 0.3) is 51.2 Å². The normalized spacial score (nSPS) is 11.5. The summed E-state index contributed by atoms with van der Waals surface area (Å²) in [6.45, 7) is 13.0. The molecule has 9 heteroatoms. The maximum absolute atomic E-state index is 4.82. The minimum atomic E-state index is 0.907. The molecule has 0 atom stereocenters. The van der Waals surface area contributed by atoms with Gasteiger partial charge in [0.1, 0.15) is 17.5 Å². The Morgan fingerprint density at radius 1 is 0.333 bits per heavy atom. The number of aromatic nitrogens is 6. The smallest absolute Gasteiger partial charge is 0.144 e. The predicted octanol–water partition coefficient (Wildman–Crippen LogP) is 16.7. The molecule has 0 amide bonds. The van der Waals surface area contributed by atoms with Crippen LogP contribution in [0.4, 0.5) is 0 Å². The highest BCUT2D eigenvalue weighted by Gasteiger charge is 2.18. The lowest BCUT2D eigenvalue weighted by Crippen LogP contribution is -2.03. The molecule has 3 aromatic heterocycles. The van der Waals surface area contributed by atoms with Crippen LogP contribution in [0.15, 0.2) is 178 Å². The van der Waals surface area contributed by atoms with Crippen molar-refractivity contribution >= 4 is 47.8 Å². The number of halogens is 3. The summed E-state index contributed by atoms with van der Waals surface area (Å²) in [5.74, 6) is 2.81. The van der Waals surface area contributed by atoms with E-state index in [2.05, 4.69) is 249 Å². The van der Waals surface area contributed by atoms with Gasteiger partial charge in [-0.3, -0.25) is 13.7 Å². The van der Waals surface area contributed by atoms with E-state index in [9.17, 15) is 0 Å². The van der Waals surface area contributed by atoms with Gasteiger partial charge in [0.15, 0.2) is 0 Å². The molecule has 0 spiro atoms. The number of imidazole rings is 3. The van der Waals surface area contributed by atoms with Crippen LogP contribution in [-0.4, -0.2) is 28.7 Å². The van der Waals surface area contributed by atoms with Gasteiger partial charge < -0.3 is 0 Å². The third kappa shape index (κ3) is 10.3. The van der Waals surface area contributed by atoms with Gasteiger partial charge >= 0.3 is 0 Å². The Kier molecular flexibility index (Phi) is 14.6. The summed E-state index contributed by atoms with van der Waals surface area (Å²) in [6.07, 6.45) is 17.4. The van der Waals surface area contributed by atoms with Gasteiger partial charge in [0.05, 0.1) is 17.1 Å².